The van der Waals surface area contributed by atoms with Gasteiger partial charge in [0.15, 0.2) is 0 Å². The van der Waals surface area contributed by atoms with Gasteiger partial charge in [0.05, 0.1) is 12.0 Å². The molecule has 0 aromatic rings. The number of piperidine rings is 1. The smallest absolute Gasteiger partial charge is 0.326 e. The summed E-state index contributed by atoms with van der Waals surface area (Å²) < 4.78 is 5.38. The molecule has 0 unspecified atom stereocenters. The number of rotatable bonds is 4. The predicted molar refractivity (Wildman–Crippen MR) is 60.5 cm³/mol. The Hall–Kier alpha value is -1.10. The van der Waals surface area contributed by atoms with E-state index in [0.29, 0.717) is 19.6 Å². The number of carbonyl (C=O) groups excluding carboxylic acids is 1. The lowest BCUT2D eigenvalue weighted by Gasteiger charge is -2.33. The van der Waals surface area contributed by atoms with Crippen molar-refractivity contribution in [2.45, 2.75) is 44.8 Å². The van der Waals surface area contributed by atoms with E-state index in [0.717, 1.165) is 19.3 Å². The SMILES string of the molecule is CCO[C@@H]1C[C@@H]1C(=O)N1CCCC[C@H]1C(=O)O. The molecule has 0 aromatic heterocycles. The number of amides is 1. The summed E-state index contributed by atoms with van der Waals surface area (Å²) in [5.41, 5.74) is 0. The molecule has 2 aliphatic rings. The van der Waals surface area contributed by atoms with Crippen LogP contribution in [0.1, 0.15) is 32.6 Å². The van der Waals surface area contributed by atoms with E-state index in [1.807, 2.05) is 6.92 Å². The fourth-order valence-electron chi connectivity index (χ4n) is 2.49. The average Bonchev–Trinajstić information content (AvgIpc) is 3.08. The number of carbonyl (C=O) groups is 2. The van der Waals surface area contributed by atoms with Crippen LogP contribution in [0.3, 0.4) is 0 Å². The fraction of sp³-hybridized carbons (Fsp3) is 0.833. The van der Waals surface area contributed by atoms with Crippen molar-refractivity contribution in [3.8, 4) is 0 Å². The Morgan fingerprint density at radius 1 is 1.41 bits per heavy atom. The van der Waals surface area contributed by atoms with Crippen molar-refractivity contribution in [2.24, 2.45) is 5.92 Å². The second-order valence-corrected chi connectivity index (χ2v) is 4.72. The zero-order valence-corrected chi connectivity index (χ0v) is 10.1. The lowest BCUT2D eigenvalue weighted by atomic mass is 10.0. The van der Waals surface area contributed by atoms with E-state index in [1.54, 1.807) is 0 Å². The molecule has 5 heteroatoms. The third kappa shape index (κ3) is 2.60. The molecule has 96 valence electrons. The molecule has 5 nitrogen and oxygen atoms in total. The van der Waals surface area contributed by atoms with Crippen molar-refractivity contribution in [3.63, 3.8) is 0 Å². The molecule has 1 amide bonds. The summed E-state index contributed by atoms with van der Waals surface area (Å²) in [5, 5.41) is 9.10. The molecule has 1 saturated heterocycles. The maximum Gasteiger partial charge on any atom is 0.326 e. The van der Waals surface area contributed by atoms with Gasteiger partial charge in [0.1, 0.15) is 6.04 Å². The Labute approximate surface area is 101 Å². The van der Waals surface area contributed by atoms with E-state index in [2.05, 4.69) is 0 Å². The molecule has 0 radical (unpaired) electrons. The minimum absolute atomic E-state index is 0.0175. The summed E-state index contributed by atoms with van der Waals surface area (Å²) in [6.07, 6.45) is 3.13. The van der Waals surface area contributed by atoms with Crippen molar-refractivity contribution in [3.05, 3.63) is 0 Å². The quantitative estimate of drug-likeness (QED) is 0.793. The van der Waals surface area contributed by atoms with Crippen LogP contribution in [-0.4, -0.2) is 47.2 Å². The lowest BCUT2D eigenvalue weighted by molar-refractivity contribution is -0.153. The summed E-state index contributed by atoms with van der Waals surface area (Å²) in [5.74, 6) is -1.02. The van der Waals surface area contributed by atoms with Crippen molar-refractivity contribution >= 4 is 11.9 Å². The first-order chi connectivity index (χ1) is 8.15. The number of carboxylic acids is 1. The molecule has 1 N–H and O–H groups in total. The highest BCUT2D eigenvalue weighted by Gasteiger charge is 2.48. The van der Waals surface area contributed by atoms with Crippen LogP contribution >= 0.6 is 0 Å². The van der Waals surface area contributed by atoms with Crippen LogP contribution in [0.15, 0.2) is 0 Å². The molecule has 1 saturated carbocycles. The standard InChI is InChI=1S/C12H19NO4/c1-2-17-10-7-8(10)11(14)13-6-4-3-5-9(13)12(15)16/h8-10H,2-7H2,1H3,(H,15,16)/t8-,9-,10+/m0/s1. The summed E-state index contributed by atoms with van der Waals surface area (Å²) in [6, 6.07) is -0.626. The summed E-state index contributed by atoms with van der Waals surface area (Å²) >= 11 is 0. The monoisotopic (exact) mass is 241 g/mol. The van der Waals surface area contributed by atoms with E-state index in [4.69, 9.17) is 9.84 Å². The summed E-state index contributed by atoms with van der Waals surface area (Å²) in [6.45, 7) is 3.09. The van der Waals surface area contributed by atoms with E-state index in [-0.39, 0.29) is 17.9 Å². The van der Waals surface area contributed by atoms with Gasteiger partial charge in [0, 0.05) is 13.2 Å². The van der Waals surface area contributed by atoms with Crippen LogP contribution in [0.25, 0.3) is 0 Å². The first-order valence-electron chi connectivity index (χ1n) is 6.30. The van der Waals surface area contributed by atoms with Crippen molar-refractivity contribution in [1.29, 1.82) is 0 Å². The van der Waals surface area contributed by atoms with Gasteiger partial charge in [-0.15, -0.1) is 0 Å². The highest BCUT2D eigenvalue weighted by Crippen LogP contribution is 2.36. The maximum absolute atomic E-state index is 12.1. The van der Waals surface area contributed by atoms with E-state index < -0.39 is 12.0 Å². The van der Waals surface area contributed by atoms with Crippen LogP contribution in [0, 0.1) is 5.92 Å². The zero-order chi connectivity index (χ0) is 12.4. The number of ether oxygens (including phenoxy) is 1. The highest BCUT2D eigenvalue weighted by molar-refractivity contribution is 5.87. The summed E-state index contributed by atoms with van der Waals surface area (Å²) in [4.78, 5) is 24.8. The van der Waals surface area contributed by atoms with E-state index in [9.17, 15) is 9.59 Å². The largest absolute Gasteiger partial charge is 0.480 e. The molecule has 17 heavy (non-hydrogen) atoms. The molecule has 3 atom stereocenters. The number of nitrogens with zero attached hydrogens (tertiary/aromatic N) is 1. The van der Waals surface area contributed by atoms with Crippen LogP contribution in [0.4, 0.5) is 0 Å². The highest BCUT2D eigenvalue weighted by atomic mass is 16.5. The van der Waals surface area contributed by atoms with E-state index in [1.165, 1.54) is 4.90 Å². The zero-order valence-electron chi connectivity index (χ0n) is 10.1. The van der Waals surface area contributed by atoms with Crippen LogP contribution in [0.2, 0.25) is 0 Å². The molecule has 1 aliphatic heterocycles. The topological polar surface area (TPSA) is 66.8 Å². The number of hydrogen-bond acceptors (Lipinski definition) is 3. The number of aliphatic carboxylic acids is 1. The van der Waals surface area contributed by atoms with Gasteiger partial charge in [-0.3, -0.25) is 4.79 Å². The molecule has 0 spiro atoms. The first kappa shape index (κ1) is 12.4. The lowest BCUT2D eigenvalue weighted by Crippen LogP contribution is -2.48. The molecular weight excluding hydrogens is 222 g/mol. The van der Waals surface area contributed by atoms with Gasteiger partial charge in [-0.1, -0.05) is 0 Å². The van der Waals surface area contributed by atoms with Gasteiger partial charge < -0.3 is 14.7 Å². The third-order valence-electron chi connectivity index (χ3n) is 3.50. The van der Waals surface area contributed by atoms with Crippen LogP contribution < -0.4 is 0 Å². The second kappa shape index (κ2) is 5.04. The van der Waals surface area contributed by atoms with Gasteiger partial charge >= 0.3 is 5.97 Å². The molecular formula is C12H19NO4. The number of carboxylic acid groups (broad SMARTS) is 1. The van der Waals surface area contributed by atoms with Gasteiger partial charge in [0.2, 0.25) is 5.91 Å². The molecule has 2 fully saturated rings. The Morgan fingerprint density at radius 3 is 2.82 bits per heavy atom. The van der Waals surface area contributed by atoms with Gasteiger partial charge in [-0.2, -0.15) is 0 Å². The fourth-order valence-corrected chi connectivity index (χ4v) is 2.49. The second-order valence-electron chi connectivity index (χ2n) is 4.72. The average molecular weight is 241 g/mol. The number of likely N-dealkylation sites (tertiary alicyclic amines) is 1. The molecule has 1 heterocycles. The maximum atomic E-state index is 12.1. The van der Waals surface area contributed by atoms with Gasteiger partial charge in [-0.05, 0) is 32.6 Å². The molecule has 0 aromatic carbocycles. The van der Waals surface area contributed by atoms with Crippen LogP contribution in [-0.2, 0) is 14.3 Å². The van der Waals surface area contributed by atoms with Crippen LogP contribution in [0.5, 0.6) is 0 Å². The molecule has 1 aliphatic carbocycles. The van der Waals surface area contributed by atoms with Crippen molar-refractivity contribution < 1.29 is 19.4 Å². The van der Waals surface area contributed by atoms with Gasteiger partial charge in [-0.25, -0.2) is 4.79 Å². The third-order valence-corrected chi connectivity index (χ3v) is 3.50. The normalized spacial score (nSPS) is 32.3. The van der Waals surface area contributed by atoms with Gasteiger partial charge in [0.25, 0.3) is 0 Å². The Balaban J connectivity index is 1.95. The minimum atomic E-state index is -0.883. The minimum Gasteiger partial charge on any atom is -0.480 e. The van der Waals surface area contributed by atoms with Crippen molar-refractivity contribution in [2.75, 3.05) is 13.2 Å². The van der Waals surface area contributed by atoms with E-state index >= 15 is 0 Å². The predicted octanol–water partition coefficient (Wildman–Crippen LogP) is 0.877. The Bertz CT molecular complexity index is 318. The Morgan fingerprint density at radius 2 is 2.18 bits per heavy atom. The number of hydrogen-bond donors (Lipinski definition) is 1. The Kier molecular flexibility index (Phi) is 3.66. The first-order valence-corrected chi connectivity index (χ1v) is 6.30. The summed E-state index contributed by atoms with van der Waals surface area (Å²) in [7, 11) is 0. The molecule has 2 rings (SSSR count). The van der Waals surface area contributed by atoms with Crippen molar-refractivity contribution in [1.82, 2.24) is 4.90 Å². The molecule has 0 bridgehead atoms.